The maximum Gasteiger partial charge on any atom is 0.362 e. The summed E-state index contributed by atoms with van der Waals surface area (Å²) in [7, 11) is 0. The van der Waals surface area contributed by atoms with E-state index in [0.717, 1.165) is 11.3 Å². The molecule has 0 aromatic carbocycles. The first kappa shape index (κ1) is 16.4. The van der Waals surface area contributed by atoms with Crippen LogP contribution in [-0.2, 0) is 19.2 Å². The summed E-state index contributed by atoms with van der Waals surface area (Å²) in [5.74, 6) is -1.19. The van der Waals surface area contributed by atoms with E-state index in [1.165, 1.54) is 0 Å². The summed E-state index contributed by atoms with van der Waals surface area (Å²) in [6.45, 7) is 3.94. The molecule has 0 radical (unpaired) electrons. The van der Waals surface area contributed by atoms with E-state index in [1.807, 2.05) is 0 Å². The molecule has 0 unspecified atom stereocenters. The Hall–Kier alpha value is -1.67. The monoisotopic (exact) mass is 319 g/mol. The number of hydrogen-bond acceptors (Lipinski definition) is 7. The number of carbonyl (C=O) groups is 2. The molecule has 7 nitrogen and oxygen atoms in total. The number of ether oxygens (including phenoxy) is 1. The van der Waals surface area contributed by atoms with Crippen LogP contribution in [-0.4, -0.2) is 41.7 Å². The minimum Gasteiger partial charge on any atom is -0.461 e. The van der Waals surface area contributed by atoms with Crippen molar-refractivity contribution in [3.05, 3.63) is 11.1 Å². The Kier molecular flexibility index (Phi) is 6.96. The Morgan fingerprint density at radius 2 is 2.20 bits per heavy atom. The van der Waals surface area contributed by atoms with E-state index in [9.17, 15) is 9.59 Å². The molecule has 0 atom stereocenters. The van der Waals surface area contributed by atoms with Gasteiger partial charge in [-0.3, -0.25) is 4.79 Å². The molecular formula is C11H14ClN3O4S. The first-order valence-corrected chi connectivity index (χ1v) is 7.22. The fourth-order valence-electron chi connectivity index (χ4n) is 1.11. The molecule has 0 spiro atoms. The lowest BCUT2D eigenvalue weighted by Crippen LogP contribution is -2.20. The smallest absolute Gasteiger partial charge is 0.362 e. The second-order valence-electron chi connectivity index (χ2n) is 3.30. The number of halogens is 1. The van der Waals surface area contributed by atoms with Gasteiger partial charge in [0, 0.05) is 5.38 Å². The third-order valence-electron chi connectivity index (χ3n) is 1.87. The standard InChI is InChI=1S/C11H14ClN3O4S/c1-3-18-10(17)9(15-19-4-2)7-6-20-11(13-7)14-8(16)5-12/h6H,3-5H2,1-2H3,(H,13,14,16). The summed E-state index contributed by atoms with van der Waals surface area (Å²) in [5.41, 5.74) is 0.225. The lowest BCUT2D eigenvalue weighted by atomic mass is 10.3. The number of amides is 1. The largest absolute Gasteiger partial charge is 0.461 e. The van der Waals surface area contributed by atoms with E-state index in [0.29, 0.717) is 11.7 Å². The Morgan fingerprint density at radius 3 is 2.80 bits per heavy atom. The normalized spacial score (nSPS) is 11.1. The van der Waals surface area contributed by atoms with Crippen LogP contribution in [0.1, 0.15) is 19.5 Å². The van der Waals surface area contributed by atoms with Gasteiger partial charge in [0.15, 0.2) is 5.13 Å². The van der Waals surface area contributed by atoms with Crippen LogP contribution in [0.15, 0.2) is 10.5 Å². The van der Waals surface area contributed by atoms with Gasteiger partial charge in [-0.1, -0.05) is 5.16 Å². The summed E-state index contributed by atoms with van der Waals surface area (Å²) in [5, 5.41) is 8.06. The highest BCUT2D eigenvalue weighted by Crippen LogP contribution is 2.17. The van der Waals surface area contributed by atoms with Crippen molar-refractivity contribution in [2.24, 2.45) is 5.16 Å². The molecule has 1 aromatic rings. The zero-order chi connectivity index (χ0) is 15.0. The third kappa shape index (κ3) is 4.78. The van der Waals surface area contributed by atoms with Crippen molar-refractivity contribution in [2.75, 3.05) is 24.4 Å². The van der Waals surface area contributed by atoms with E-state index < -0.39 is 5.97 Å². The Balaban J connectivity index is 2.91. The summed E-state index contributed by atoms with van der Waals surface area (Å²) >= 11 is 6.52. The highest BCUT2D eigenvalue weighted by molar-refractivity contribution is 7.14. The van der Waals surface area contributed by atoms with Crippen molar-refractivity contribution in [2.45, 2.75) is 13.8 Å². The molecule has 110 valence electrons. The number of thiazole rings is 1. The van der Waals surface area contributed by atoms with Crippen molar-refractivity contribution < 1.29 is 19.2 Å². The van der Waals surface area contributed by atoms with Crippen molar-refractivity contribution >= 4 is 45.7 Å². The molecule has 20 heavy (non-hydrogen) atoms. The van der Waals surface area contributed by atoms with Gasteiger partial charge in [-0.2, -0.15) is 0 Å². The topological polar surface area (TPSA) is 89.9 Å². The predicted molar refractivity (Wildman–Crippen MR) is 76.3 cm³/mol. The highest BCUT2D eigenvalue weighted by atomic mass is 35.5. The van der Waals surface area contributed by atoms with E-state index in [1.54, 1.807) is 19.2 Å². The number of aromatic nitrogens is 1. The number of nitrogens with one attached hydrogen (secondary N) is 1. The van der Waals surface area contributed by atoms with E-state index in [2.05, 4.69) is 15.5 Å². The van der Waals surface area contributed by atoms with Gasteiger partial charge >= 0.3 is 5.97 Å². The average molecular weight is 320 g/mol. The maximum absolute atomic E-state index is 11.8. The molecular weight excluding hydrogens is 306 g/mol. The molecule has 1 rings (SSSR count). The highest BCUT2D eigenvalue weighted by Gasteiger charge is 2.20. The van der Waals surface area contributed by atoms with Crippen LogP contribution < -0.4 is 5.32 Å². The van der Waals surface area contributed by atoms with Crippen molar-refractivity contribution in [1.82, 2.24) is 4.98 Å². The molecule has 0 aliphatic rings. The Bertz CT molecular complexity index is 504. The van der Waals surface area contributed by atoms with E-state index >= 15 is 0 Å². The second-order valence-corrected chi connectivity index (χ2v) is 4.42. The van der Waals surface area contributed by atoms with Crippen LogP contribution in [0, 0.1) is 0 Å². The van der Waals surface area contributed by atoms with Gasteiger partial charge in [-0.05, 0) is 13.8 Å². The van der Waals surface area contributed by atoms with Gasteiger partial charge in [0.2, 0.25) is 11.6 Å². The van der Waals surface area contributed by atoms with Crippen LogP contribution in [0.5, 0.6) is 0 Å². The first-order chi connectivity index (χ1) is 9.62. The SMILES string of the molecule is CCON=C(C(=O)OCC)c1csc(NC(=O)CCl)n1. The molecule has 0 saturated heterocycles. The first-order valence-electron chi connectivity index (χ1n) is 5.81. The number of nitrogens with zero attached hydrogens (tertiary/aromatic N) is 2. The minimum absolute atomic E-state index is 0.0451. The van der Waals surface area contributed by atoms with Crippen LogP contribution in [0.2, 0.25) is 0 Å². The number of rotatable bonds is 7. The number of hydrogen-bond donors (Lipinski definition) is 1. The summed E-state index contributed by atoms with van der Waals surface area (Å²) < 4.78 is 4.87. The molecule has 0 saturated carbocycles. The molecule has 1 heterocycles. The fourth-order valence-corrected chi connectivity index (χ4v) is 1.89. The Morgan fingerprint density at radius 1 is 1.45 bits per heavy atom. The summed E-state index contributed by atoms with van der Waals surface area (Å²) in [4.78, 5) is 31.8. The Labute approximate surface area is 124 Å². The maximum atomic E-state index is 11.8. The van der Waals surface area contributed by atoms with Gasteiger partial charge in [-0.15, -0.1) is 22.9 Å². The van der Waals surface area contributed by atoms with Crippen LogP contribution in [0.25, 0.3) is 0 Å². The van der Waals surface area contributed by atoms with Gasteiger partial charge in [-0.25, -0.2) is 9.78 Å². The quantitative estimate of drug-likeness (QED) is 0.357. The lowest BCUT2D eigenvalue weighted by Gasteiger charge is -2.03. The number of oxime groups is 1. The van der Waals surface area contributed by atoms with Crippen LogP contribution in [0.4, 0.5) is 5.13 Å². The van der Waals surface area contributed by atoms with Gasteiger partial charge < -0.3 is 14.9 Å². The number of anilines is 1. The third-order valence-corrected chi connectivity index (χ3v) is 2.87. The summed E-state index contributed by atoms with van der Waals surface area (Å²) in [6, 6.07) is 0. The number of esters is 1. The molecule has 9 heteroatoms. The molecule has 1 aromatic heterocycles. The van der Waals surface area contributed by atoms with E-state index in [-0.39, 0.29) is 29.8 Å². The van der Waals surface area contributed by atoms with Crippen LogP contribution >= 0.6 is 22.9 Å². The summed E-state index contributed by atoms with van der Waals surface area (Å²) in [6.07, 6.45) is 0. The predicted octanol–water partition coefficient (Wildman–Crippen LogP) is 1.62. The van der Waals surface area contributed by atoms with Crippen LogP contribution in [0.3, 0.4) is 0 Å². The average Bonchev–Trinajstić information content (AvgIpc) is 2.87. The fraction of sp³-hybridized carbons (Fsp3) is 0.455. The minimum atomic E-state index is -0.638. The molecule has 0 fully saturated rings. The number of alkyl halides is 1. The second kappa shape index (κ2) is 8.49. The number of carbonyl (C=O) groups excluding carboxylic acids is 2. The zero-order valence-corrected chi connectivity index (χ0v) is 12.6. The van der Waals surface area contributed by atoms with Gasteiger partial charge in [0.1, 0.15) is 18.2 Å². The van der Waals surface area contributed by atoms with Crippen molar-refractivity contribution in [3.63, 3.8) is 0 Å². The van der Waals surface area contributed by atoms with E-state index in [4.69, 9.17) is 21.2 Å². The van der Waals surface area contributed by atoms with Crippen molar-refractivity contribution in [1.29, 1.82) is 0 Å². The van der Waals surface area contributed by atoms with Crippen molar-refractivity contribution in [3.8, 4) is 0 Å². The van der Waals surface area contributed by atoms with Gasteiger partial charge in [0.05, 0.1) is 6.61 Å². The molecule has 0 aliphatic heterocycles. The lowest BCUT2D eigenvalue weighted by molar-refractivity contribution is -0.135. The molecule has 1 amide bonds. The molecule has 0 bridgehead atoms. The zero-order valence-electron chi connectivity index (χ0n) is 11.0. The molecule has 0 aliphatic carbocycles. The molecule has 1 N–H and O–H groups in total. The van der Waals surface area contributed by atoms with Gasteiger partial charge in [0.25, 0.3) is 0 Å².